The van der Waals surface area contributed by atoms with Crippen LogP contribution in [0.4, 0.5) is 0 Å². The third kappa shape index (κ3) is 9.25. The molecule has 0 bridgehead atoms. The number of nitro groups is 2. The van der Waals surface area contributed by atoms with E-state index in [2.05, 4.69) is 0 Å². The van der Waals surface area contributed by atoms with E-state index in [1.807, 2.05) is 0 Å². The van der Waals surface area contributed by atoms with Crippen molar-refractivity contribution in [2.45, 2.75) is 0 Å². The van der Waals surface area contributed by atoms with E-state index in [9.17, 15) is 0 Å². The van der Waals surface area contributed by atoms with E-state index in [0.29, 0.717) is 0 Å². The van der Waals surface area contributed by atoms with Gasteiger partial charge in [0.15, 0.2) is 0 Å². The van der Waals surface area contributed by atoms with Gasteiger partial charge < -0.3 is 0 Å². The molecule has 0 spiro atoms. The van der Waals surface area contributed by atoms with Crippen LogP contribution in [0.1, 0.15) is 0 Å². The molecule has 0 rings (SSSR count). The molecule has 0 aromatic carbocycles. The molecular weight excluding hydrogens is 127 g/mol. The van der Waals surface area contributed by atoms with E-state index in [1.54, 1.807) is 0 Å². The molecule has 0 unspecified atom stereocenters. The Morgan fingerprint density at radius 1 is 1.12 bits per heavy atom. The van der Waals surface area contributed by atoms with Gasteiger partial charge in [0.05, 0.1) is 0 Å². The van der Waals surface area contributed by atoms with E-state index in [4.69, 9.17) is 20.2 Å². The first-order chi connectivity index (χ1) is 3.13. The molecule has 6 nitrogen and oxygen atoms in total. The van der Waals surface area contributed by atoms with Crippen LogP contribution in [0.15, 0.2) is 0 Å². The second-order valence-electron chi connectivity index (χ2n) is 0.686. The van der Waals surface area contributed by atoms with Crippen LogP contribution in [-0.4, -0.2) is 39.4 Å². The molecule has 0 fully saturated rings. The monoisotopic (exact) mass is 128 g/mol. The average Bonchev–Trinajstić information content (AvgIpc) is 1.27. The summed E-state index contributed by atoms with van der Waals surface area (Å²) in [5.74, 6) is 0. The molecule has 2 radical (unpaired) electrons. The van der Waals surface area contributed by atoms with Crippen molar-refractivity contribution in [1.82, 2.24) is 0 Å². The molecule has 0 amide bonds. The molecule has 0 saturated heterocycles. The Labute approximate surface area is 66.5 Å². The zero-order valence-corrected chi connectivity index (χ0v) is 6.10. The number of hydrogen-bond donors (Lipinski definition) is 0. The van der Waals surface area contributed by atoms with Crippen molar-refractivity contribution >= 4 is 29.6 Å². The molecule has 0 aliphatic rings. The SMILES string of the molecule is O=[N+]([O-])[CH][N+](=O)[O-].[Na]. The van der Waals surface area contributed by atoms with Gasteiger partial charge >= 0.3 is 6.67 Å². The first kappa shape index (κ1) is 10.7. The van der Waals surface area contributed by atoms with Gasteiger partial charge in [-0.3, -0.25) is 20.2 Å². The molecule has 0 aliphatic carbocycles. The maximum absolute atomic E-state index is 9.12. The van der Waals surface area contributed by atoms with Gasteiger partial charge in [-0.2, -0.15) is 0 Å². The summed E-state index contributed by atoms with van der Waals surface area (Å²) >= 11 is 0. The smallest absolute Gasteiger partial charge is 0.258 e. The van der Waals surface area contributed by atoms with Crippen molar-refractivity contribution in [2.24, 2.45) is 0 Å². The van der Waals surface area contributed by atoms with Crippen LogP contribution < -0.4 is 0 Å². The van der Waals surface area contributed by atoms with Crippen molar-refractivity contribution in [1.29, 1.82) is 0 Å². The standard InChI is InChI=1S/CHN2O4.Na/c4-2(5)1-3(6)7;/h1H;. The molecule has 7 heteroatoms. The van der Waals surface area contributed by atoms with E-state index in [1.165, 1.54) is 0 Å². The van der Waals surface area contributed by atoms with Crippen molar-refractivity contribution in [3.8, 4) is 0 Å². The normalized spacial score (nSPS) is 7.00. The first-order valence-corrected chi connectivity index (χ1v) is 1.25. The van der Waals surface area contributed by atoms with Gasteiger partial charge in [-0.15, -0.1) is 0 Å². The van der Waals surface area contributed by atoms with Crippen molar-refractivity contribution in [3.63, 3.8) is 0 Å². The topological polar surface area (TPSA) is 86.3 Å². The molecule has 40 valence electrons. The summed E-state index contributed by atoms with van der Waals surface area (Å²) in [4.78, 5) is 16.0. The predicted octanol–water partition coefficient (Wildman–Crippen LogP) is -0.722. The van der Waals surface area contributed by atoms with Crippen molar-refractivity contribution in [3.05, 3.63) is 26.9 Å². The minimum atomic E-state index is -1.12. The van der Waals surface area contributed by atoms with E-state index >= 15 is 0 Å². The fourth-order valence-electron chi connectivity index (χ4n) is 0.0770. The zero-order chi connectivity index (χ0) is 5.86. The van der Waals surface area contributed by atoms with Gasteiger partial charge in [-0.1, -0.05) is 0 Å². The third-order valence-corrected chi connectivity index (χ3v) is 0.189. The van der Waals surface area contributed by atoms with Crippen LogP contribution >= 0.6 is 0 Å². The quantitative estimate of drug-likeness (QED) is 0.279. The Hall–Kier alpha value is -0.200. The van der Waals surface area contributed by atoms with Crippen LogP contribution in [0.2, 0.25) is 0 Å². The summed E-state index contributed by atoms with van der Waals surface area (Å²) in [5, 5.41) is 18.2. The average molecular weight is 128 g/mol. The number of rotatable bonds is 2. The summed E-state index contributed by atoms with van der Waals surface area (Å²) in [6, 6.07) is 0. The molecule has 0 N–H and O–H groups in total. The fraction of sp³-hybridized carbons (Fsp3) is 0. The molecule has 8 heavy (non-hydrogen) atoms. The molecule has 0 heterocycles. The minimum absolute atomic E-state index is 0. The summed E-state index contributed by atoms with van der Waals surface area (Å²) < 4.78 is 0. The largest absolute Gasteiger partial charge is 0.583 e. The van der Waals surface area contributed by atoms with Crippen molar-refractivity contribution in [2.75, 3.05) is 0 Å². The molecular formula is CHN2NaO4. The summed E-state index contributed by atoms with van der Waals surface area (Å²) in [6.07, 6.45) is 0. The van der Waals surface area contributed by atoms with Gasteiger partial charge in [0, 0.05) is 29.6 Å². The van der Waals surface area contributed by atoms with Crippen LogP contribution in [0.25, 0.3) is 0 Å². The first-order valence-electron chi connectivity index (χ1n) is 1.25. The summed E-state index contributed by atoms with van der Waals surface area (Å²) in [7, 11) is 0. The predicted molar refractivity (Wildman–Crippen MR) is 24.0 cm³/mol. The second-order valence-corrected chi connectivity index (χ2v) is 0.686. The molecule has 0 saturated carbocycles. The molecule has 0 aromatic rings. The van der Waals surface area contributed by atoms with Crippen molar-refractivity contribution < 1.29 is 9.85 Å². The second kappa shape index (κ2) is 4.95. The van der Waals surface area contributed by atoms with Crippen LogP contribution in [0, 0.1) is 26.9 Å². The number of nitrogens with zero attached hydrogens (tertiary/aromatic N) is 2. The summed E-state index contributed by atoms with van der Waals surface area (Å²) in [5.41, 5.74) is 0. The van der Waals surface area contributed by atoms with E-state index < -0.39 is 9.85 Å². The Balaban J connectivity index is 0. The van der Waals surface area contributed by atoms with Crippen LogP contribution in [0.3, 0.4) is 0 Å². The van der Waals surface area contributed by atoms with Crippen LogP contribution in [0.5, 0.6) is 0 Å². The number of hydrogen-bond acceptors (Lipinski definition) is 4. The minimum Gasteiger partial charge on any atom is -0.258 e. The summed E-state index contributed by atoms with van der Waals surface area (Å²) in [6.45, 7) is -0.222. The Morgan fingerprint density at radius 2 is 1.38 bits per heavy atom. The molecule has 0 aliphatic heterocycles. The van der Waals surface area contributed by atoms with Gasteiger partial charge in [0.25, 0.3) is 0 Å². The van der Waals surface area contributed by atoms with Crippen LogP contribution in [-0.2, 0) is 0 Å². The maximum atomic E-state index is 9.12. The Bertz CT molecular complexity index is 90.2. The molecule has 0 aromatic heterocycles. The van der Waals surface area contributed by atoms with Gasteiger partial charge in [-0.05, 0) is 0 Å². The van der Waals surface area contributed by atoms with E-state index in [-0.39, 0.29) is 36.2 Å². The van der Waals surface area contributed by atoms with E-state index in [0.717, 1.165) is 0 Å². The maximum Gasteiger partial charge on any atom is 0.583 e. The zero-order valence-electron chi connectivity index (χ0n) is 4.10. The Kier molecular flexibility index (Phi) is 6.63. The van der Waals surface area contributed by atoms with Gasteiger partial charge in [-0.25, -0.2) is 0 Å². The Morgan fingerprint density at radius 3 is 1.38 bits per heavy atom. The fourth-order valence-corrected chi connectivity index (χ4v) is 0.0770. The third-order valence-electron chi connectivity index (χ3n) is 0.189. The van der Waals surface area contributed by atoms with Gasteiger partial charge in [0.2, 0.25) is 0 Å². The van der Waals surface area contributed by atoms with Gasteiger partial charge in [0.1, 0.15) is 9.85 Å². The molecule has 0 atom stereocenters.